The van der Waals surface area contributed by atoms with Crippen molar-refractivity contribution >= 4 is 60.5 Å². The molecule has 0 bridgehead atoms. The number of rotatable bonds is 5. The van der Waals surface area contributed by atoms with Gasteiger partial charge in [-0.05, 0) is 87.8 Å². The van der Waals surface area contributed by atoms with Gasteiger partial charge in [0.05, 0.1) is 16.8 Å². The Bertz CT molecular complexity index is 2370. The Morgan fingerprint density at radius 3 is 2.07 bits per heavy atom. The van der Waals surface area contributed by atoms with Crippen LogP contribution in [0.3, 0.4) is 0 Å². The molecule has 0 atom stereocenters. The molecule has 9 rings (SSSR count). The number of anilines is 3. The van der Waals surface area contributed by atoms with E-state index in [1.807, 2.05) is 6.07 Å². The summed E-state index contributed by atoms with van der Waals surface area (Å²) in [6, 6.07) is 53.0. The summed E-state index contributed by atoms with van der Waals surface area (Å²) < 4.78 is 6.41. The molecule has 0 aliphatic heterocycles. The van der Waals surface area contributed by atoms with E-state index >= 15 is 0 Å². The fourth-order valence-electron chi connectivity index (χ4n) is 7.91. The van der Waals surface area contributed by atoms with Crippen LogP contribution in [0.1, 0.15) is 43.6 Å². The van der Waals surface area contributed by atoms with Gasteiger partial charge in [0.2, 0.25) is 0 Å². The summed E-state index contributed by atoms with van der Waals surface area (Å²) in [5, 5.41) is 7.42. The summed E-state index contributed by atoms with van der Waals surface area (Å²) >= 11 is 0. The molecule has 2 heteroatoms. The van der Waals surface area contributed by atoms with Crippen molar-refractivity contribution in [2.75, 3.05) is 4.90 Å². The first-order valence-corrected chi connectivity index (χ1v) is 16.6. The predicted molar refractivity (Wildman–Crippen MR) is 195 cm³/mol. The quantitative estimate of drug-likeness (QED) is 0.197. The van der Waals surface area contributed by atoms with Gasteiger partial charge in [0.1, 0.15) is 11.2 Å². The molecule has 7 aromatic carbocycles. The second kappa shape index (κ2) is 11.2. The lowest BCUT2D eigenvalue weighted by Gasteiger charge is -2.30. The molecule has 222 valence electrons. The Morgan fingerprint density at radius 1 is 0.478 bits per heavy atom. The van der Waals surface area contributed by atoms with Crippen molar-refractivity contribution in [1.29, 1.82) is 0 Å². The minimum absolute atomic E-state index is 0.605. The fourth-order valence-corrected chi connectivity index (χ4v) is 7.91. The molecule has 0 radical (unpaired) electrons. The number of para-hydroxylation sites is 2. The van der Waals surface area contributed by atoms with Crippen LogP contribution in [-0.4, -0.2) is 0 Å². The number of nitrogens with zero attached hydrogens (tertiary/aromatic N) is 1. The van der Waals surface area contributed by atoms with E-state index in [9.17, 15) is 0 Å². The molecule has 0 N–H and O–H groups in total. The first-order chi connectivity index (χ1) is 22.8. The first kappa shape index (κ1) is 27.0. The standard InChI is InChI=1S/C44H35NO/c1-2-14-31(15-3-1)35-21-10-17-32-18-11-22-37(43(32)35)36-19-6-8-23-39(36)45(34-28-27-30-13-4-5-16-33(30)29-34)40-24-12-26-42-44(40)38-20-7-9-25-41(38)46-42/h4-13,16-29,31H,1-3,14-15H2. The maximum Gasteiger partial charge on any atom is 0.137 e. The van der Waals surface area contributed by atoms with E-state index in [0.717, 1.165) is 39.0 Å². The molecule has 1 aliphatic carbocycles. The number of furan rings is 1. The highest BCUT2D eigenvalue weighted by Gasteiger charge is 2.24. The van der Waals surface area contributed by atoms with E-state index in [4.69, 9.17) is 4.42 Å². The van der Waals surface area contributed by atoms with Crippen LogP contribution in [0, 0.1) is 0 Å². The van der Waals surface area contributed by atoms with Gasteiger partial charge in [0.15, 0.2) is 0 Å². The fraction of sp³-hybridized carbons (Fsp3) is 0.136. The Hall–Kier alpha value is -5.34. The summed E-state index contributed by atoms with van der Waals surface area (Å²) in [6.45, 7) is 0. The average Bonchev–Trinajstić information content (AvgIpc) is 3.51. The molecule has 1 fully saturated rings. The lowest BCUT2D eigenvalue weighted by atomic mass is 9.80. The molecular formula is C44H35NO. The second-order valence-electron chi connectivity index (χ2n) is 12.7. The summed E-state index contributed by atoms with van der Waals surface area (Å²) in [7, 11) is 0. The van der Waals surface area contributed by atoms with Crippen LogP contribution in [0.15, 0.2) is 150 Å². The van der Waals surface area contributed by atoms with Crippen LogP contribution in [0.2, 0.25) is 0 Å². The third kappa shape index (κ3) is 4.48. The number of benzene rings is 7. The van der Waals surface area contributed by atoms with Crippen molar-refractivity contribution in [2.45, 2.75) is 38.0 Å². The maximum absolute atomic E-state index is 6.41. The van der Waals surface area contributed by atoms with Crippen molar-refractivity contribution in [3.8, 4) is 11.1 Å². The van der Waals surface area contributed by atoms with E-state index in [-0.39, 0.29) is 0 Å². The van der Waals surface area contributed by atoms with Crippen molar-refractivity contribution in [2.24, 2.45) is 0 Å². The molecule has 0 spiro atoms. The third-order valence-electron chi connectivity index (χ3n) is 10.0. The summed E-state index contributed by atoms with van der Waals surface area (Å²) in [4.78, 5) is 2.45. The van der Waals surface area contributed by atoms with Crippen molar-refractivity contribution in [1.82, 2.24) is 0 Å². The molecule has 0 amide bonds. The lowest BCUT2D eigenvalue weighted by Crippen LogP contribution is -2.12. The molecule has 1 aromatic heterocycles. The Morgan fingerprint density at radius 2 is 1.15 bits per heavy atom. The van der Waals surface area contributed by atoms with E-state index in [0.29, 0.717) is 5.92 Å². The Labute approximate surface area is 269 Å². The van der Waals surface area contributed by atoms with Gasteiger partial charge in [-0.2, -0.15) is 0 Å². The maximum atomic E-state index is 6.41. The highest BCUT2D eigenvalue weighted by atomic mass is 16.3. The van der Waals surface area contributed by atoms with E-state index in [1.165, 1.54) is 70.3 Å². The molecule has 1 saturated carbocycles. The minimum atomic E-state index is 0.605. The zero-order valence-electron chi connectivity index (χ0n) is 25.8. The van der Waals surface area contributed by atoms with Gasteiger partial charge in [-0.15, -0.1) is 0 Å². The van der Waals surface area contributed by atoms with Crippen LogP contribution in [-0.2, 0) is 0 Å². The summed E-state index contributed by atoms with van der Waals surface area (Å²) in [6.07, 6.45) is 6.53. The van der Waals surface area contributed by atoms with Gasteiger partial charge < -0.3 is 9.32 Å². The van der Waals surface area contributed by atoms with Crippen LogP contribution < -0.4 is 4.90 Å². The van der Waals surface area contributed by atoms with Crippen LogP contribution >= 0.6 is 0 Å². The topological polar surface area (TPSA) is 16.4 Å². The van der Waals surface area contributed by atoms with E-state index < -0.39 is 0 Å². The monoisotopic (exact) mass is 593 g/mol. The van der Waals surface area contributed by atoms with E-state index in [1.54, 1.807) is 0 Å². The van der Waals surface area contributed by atoms with Gasteiger partial charge >= 0.3 is 0 Å². The number of fused-ring (bicyclic) bond motifs is 5. The van der Waals surface area contributed by atoms with Crippen molar-refractivity contribution in [3.63, 3.8) is 0 Å². The lowest BCUT2D eigenvalue weighted by molar-refractivity contribution is 0.445. The third-order valence-corrected chi connectivity index (χ3v) is 10.0. The molecule has 0 saturated heterocycles. The van der Waals surface area contributed by atoms with Crippen LogP contribution in [0.4, 0.5) is 17.1 Å². The number of hydrogen-bond acceptors (Lipinski definition) is 2. The first-order valence-electron chi connectivity index (χ1n) is 16.6. The zero-order valence-corrected chi connectivity index (χ0v) is 25.8. The zero-order chi connectivity index (χ0) is 30.5. The van der Waals surface area contributed by atoms with Crippen LogP contribution in [0.25, 0.3) is 54.6 Å². The second-order valence-corrected chi connectivity index (χ2v) is 12.7. The Kier molecular flexibility index (Phi) is 6.59. The smallest absolute Gasteiger partial charge is 0.137 e. The highest BCUT2D eigenvalue weighted by molar-refractivity contribution is 6.14. The number of hydrogen-bond donors (Lipinski definition) is 0. The average molecular weight is 594 g/mol. The molecule has 46 heavy (non-hydrogen) atoms. The molecule has 1 heterocycles. The normalized spacial score (nSPS) is 14.0. The van der Waals surface area contributed by atoms with E-state index in [2.05, 4.69) is 144 Å². The molecule has 8 aromatic rings. The van der Waals surface area contributed by atoms with Crippen molar-refractivity contribution < 1.29 is 4.42 Å². The predicted octanol–water partition coefficient (Wildman–Crippen LogP) is 13.1. The van der Waals surface area contributed by atoms with Gasteiger partial charge in [0.25, 0.3) is 0 Å². The Balaban J connectivity index is 1.34. The summed E-state index contributed by atoms with van der Waals surface area (Å²) in [5.41, 5.74) is 9.21. The molecular weight excluding hydrogens is 558 g/mol. The SMILES string of the molecule is c1ccc(N(c2ccc3ccccc3c2)c2cccc3oc4ccccc4c23)c(-c2cccc3cccc(C4CCCCC4)c23)c1. The molecule has 1 aliphatic rings. The van der Waals surface area contributed by atoms with Crippen LogP contribution in [0.5, 0.6) is 0 Å². The molecule has 0 unspecified atom stereocenters. The highest BCUT2D eigenvalue weighted by Crippen LogP contribution is 2.48. The van der Waals surface area contributed by atoms with Gasteiger partial charge in [-0.1, -0.05) is 128 Å². The largest absolute Gasteiger partial charge is 0.456 e. The summed E-state index contributed by atoms with van der Waals surface area (Å²) in [5.74, 6) is 0.605. The molecule has 2 nitrogen and oxygen atoms in total. The van der Waals surface area contributed by atoms with Crippen molar-refractivity contribution in [3.05, 3.63) is 151 Å². The van der Waals surface area contributed by atoms with Gasteiger partial charge in [0, 0.05) is 16.6 Å². The minimum Gasteiger partial charge on any atom is -0.456 e. The van der Waals surface area contributed by atoms with Gasteiger partial charge in [-0.3, -0.25) is 0 Å². The van der Waals surface area contributed by atoms with Gasteiger partial charge in [-0.25, -0.2) is 0 Å².